The number of fused-ring (bicyclic) bond motifs is 3. The molecule has 0 aliphatic carbocycles. The lowest BCUT2D eigenvalue weighted by Gasteiger charge is -2.27. The monoisotopic (exact) mass is 441 g/mol. The third kappa shape index (κ3) is 4.67. The molecule has 0 saturated carbocycles. The molecule has 0 N–H and O–H groups in total. The van der Waals surface area contributed by atoms with Crippen LogP contribution in [-0.4, -0.2) is 0 Å². The van der Waals surface area contributed by atoms with Crippen LogP contribution in [0.4, 0.5) is 0 Å². The molecule has 0 saturated heterocycles. The fraction of sp³-hybridized carbons (Fsp3) is 0.556. The van der Waals surface area contributed by atoms with Gasteiger partial charge in [-0.25, -0.2) is 9.05 Å². The smallest absolute Gasteiger partial charge is 0.221 e. The van der Waals surface area contributed by atoms with E-state index in [0.29, 0.717) is 17.4 Å². The minimum Gasteiger partial charge on any atom is -0.221 e. The van der Waals surface area contributed by atoms with Gasteiger partial charge in [0.05, 0.1) is 0 Å². The predicted octanol–water partition coefficient (Wildman–Crippen LogP) is 8.80. The minimum atomic E-state index is -2.33. The van der Waals surface area contributed by atoms with Crippen LogP contribution in [0.5, 0.6) is 11.5 Å². The van der Waals surface area contributed by atoms with Gasteiger partial charge < -0.3 is 0 Å². The van der Waals surface area contributed by atoms with E-state index in [1.54, 1.807) is 0 Å². The van der Waals surface area contributed by atoms with Gasteiger partial charge in [0.15, 0.2) is 0 Å². The van der Waals surface area contributed by atoms with E-state index in [2.05, 4.69) is 100 Å². The van der Waals surface area contributed by atoms with Crippen molar-refractivity contribution in [3.8, 4) is 22.6 Å². The lowest BCUT2D eigenvalue weighted by molar-refractivity contribution is 0.408. The SMILES string of the molecule is CC(C)c1cc2c(c(C(C)(C)C)c1)O[P+](=O)Oc1c-2cc(C(C)(C)C)cc1C(C)(C)C. The molecule has 1 unspecified atom stereocenters. The second kappa shape index (κ2) is 7.62. The van der Waals surface area contributed by atoms with Crippen molar-refractivity contribution in [1.29, 1.82) is 0 Å². The summed E-state index contributed by atoms with van der Waals surface area (Å²) < 4.78 is 25.0. The van der Waals surface area contributed by atoms with Gasteiger partial charge in [0.2, 0.25) is 11.5 Å². The molecule has 1 aliphatic rings. The zero-order valence-electron chi connectivity index (χ0n) is 21.1. The van der Waals surface area contributed by atoms with Crippen LogP contribution in [0.1, 0.15) is 104 Å². The van der Waals surface area contributed by atoms with Crippen molar-refractivity contribution >= 4 is 8.25 Å². The lowest BCUT2D eigenvalue weighted by Crippen LogP contribution is -2.17. The molecule has 4 heteroatoms. The molecular weight excluding hydrogens is 403 g/mol. The maximum Gasteiger partial charge on any atom is 0.805 e. The number of hydrogen-bond donors (Lipinski definition) is 0. The maximum absolute atomic E-state index is 13.0. The molecule has 0 radical (unpaired) electrons. The number of hydrogen-bond acceptors (Lipinski definition) is 3. The summed E-state index contributed by atoms with van der Waals surface area (Å²) in [4.78, 5) is 0. The van der Waals surface area contributed by atoms with E-state index in [-0.39, 0.29) is 16.2 Å². The average molecular weight is 442 g/mol. The standard InChI is InChI=1S/C27H38O3P/c1-16(2)17-12-19-20-14-18(25(3,4)5)15-22(27(9,10)11)24(20)30-31(28)29-23(19)21(13-17)26(6,7)8/h12-16H,1-11H3/q+1. The fourth-order valence-electron chi connectivity index (χ4n) is 3.93. The van der Waals surface area contributed by atoms with E-state index in [9.17, 15) is 4.57 Å². The number of rotatable bonds is 1. The molecule has 0 spiro atoms. The van der Waals surface area contributed by atoms with Crippen molar-refractivity contribution in [1.82, 2.24) is 0 Å². The Morgan fingerprint density at radius 3 is 1.55 bits per heavy atom. The summed E-state index contributed by atoms with van der Waals surface area (Å²) in [5, 5.41) is 0. The molecule has 1 heterocycles. The summed E-state index contributed by atoms with van der Waals surface area (Å²) in [6.07, 6.45) is 0. The molecule has 1 atom stereocenters. The third-order valence-corrected chi connectivity index (χ3v) is 6.63. The van der Waals surface area contributed by atoms with Gasteiger partial charge in [-0.1, -0.05) is 88.3 Å². The topological polar surface area (TPSA) is 35.5 Å². The summed E-state index contributed by atoms with van der Waals surface area (Å²) in [7, 11) is -2.33. The number of benzene rings is 2. The van der Waals surface area contributed by atoms with E-state index < -0.39 is 8.25 Å². The van der Waals surface area contributed by atoms with Gasteiger partial charge >= 0.3 is 8.25 Å². The average Bonchev–Trinajstić information content (AvgIpc) is 2.72. The van der Waals surface area contributed by atoms with Crippen molar-refractivity contribution in [2.75, 3.05) is 0 Å². The van der Waals surface area contributed by atoms with E-state index in [1.165, 1.54) is 11.1 Å². The molecule has 0 aromatic heterocycles. The largest absolute Gasteiger partial charge is 0.805 e. The van der Waals surface area contributed by atoms with Gasteiger partial charge in [-0.3, -0.25) is 0 Å². The molecule has 0 fully saturated rings. The predicted molar refractivity (Wildman–Crippen MR) is 131 cm³/mol. The van der Waals surface area contributed by atoms with Crippen LogP contribution in [0.15, 0.2) is 24.3 Å². The molecule has 168 valence electrons. The van der Waals surface area contributed by atoms with Crippen LogP contribution in [0, 0.1) is 0 Å². The Balaban J connectivity index is 2.52. The molecule has 3 rings (SSSR count). The zero-order chi connectivity index (χ0) is 23.5. The van der Waals surface area contributed by atoms with Gasteiger partial charge in [-0.15, -0.1) is 0 Å². The first kappa shape index (κ1) is 23.8. The van der Waals surface area contributed by atoms with Gasteiger partial charge in [0, 0.05) is 26.8 Å². The first-order valence-corrected chi connectivity index (χ1v) is 12.3. The summed E-state index contributed by atoms with van der Waals surface area (Å²) in [5.41, 5.74) is 6.17. The Hall–Kier alpha value is -1.86. The highest BCUT2D eigenvalue weighted by Crippen LogP contribution is 2.54. The van der Waals surface area contributed by atoms with E-state index in [4.69, 9.17) is 9.05 Å². The lowest BCUT2D eigenvalue weighted by atomic mass is 9.76. The summed E-state index contributed by atoms with van der Waals surface area (Å²) in [5.74, 6) is 1.73. The maximum atomic E-state index is 13.0. The van der Waals surface area contributed by atoms with Crippen molar-refractivity contribution < 1.29 is 13.6 Å². The third-order valence-electron chi connectivity index (χ3n) is 5.97. The molecule has 0 amide bonds. The Kier molecular flexibility index (Phi) is 5.85. The van der Waals surface area contributed by atoms with Crippen LogP contribution in [0.3, 0.4) is 0 Å². The first-order valence-electron chi connectivity index (χ1n) is 11.2. The van der Waals surface area contributed by atoms with Crippen LogP contribution in [-0.2, 0) is 20.8 Å². The second-order valence-corrected chi connectivity index (χ2v) is 13.0. The van der Waals surface area contributed by atoms with Gasteiger partial charge in [0.1, 0.15) is 0 Å². The molecule has 31 heavy (non-hydrogen) atoms. The van der Waals surface area contributed by atoms with Crippen LogP contribution in [0.25, 0.3) is 11.1 Å². The van der Waals surface area contributed by atoms with E-state index in [1.807, 2.05) is 0 Å². The highest BCUT2D eigenvalue weighted by Gasteiger charge is 2.40. The van der Waals surface area contributed by atoms with Crippen LogP contribution in [0.2, 0.25) is 0 Å². The summed E-state index contributed by atoms with van der Waals surface area (Å²) >= 11 is 0. The van der Waals surface area contributed by atoms with Gasteiger partial charge in [-0.05, 0) is 45.4 Å². The zero-order valence-corrected chi connectivity index (χ0v) is 22.0. The molecule has 2 aromatic carbocycles. The summed E-state index contributed by atoms with van der Waals surface area (Å²) in [6.45, 7) is 24.1. The van der Waals surface area contributed by atoms with Gasteiger partial charge in [0.25, 0.3) is 0 Å². The normalized spacial score (nSPS) is 15.7. The van der Waals surface area contributed by atoms with Crippen molar-refractivity contribution in [2.45, 2.75) is 98.3 Å². The highest BCUT2D eigenvalue weighted by atomic mass is 31.1. The minimum absolute atomic E-state index is 0.0347. The molecule has 2 aromatic rings. The molecular formula is C27H38O3P+. The van der Waals surface area contributed by atoms with Crippen molar-refractivity contribution in [3.05, 3.63) is 46.5 Å². The second-order valence-electron chi connectivity index (χ2n) is 12.2. The van der Waals surface area contributed by atoms with E-state index in [0.717, 1.165) is 22.3 Å². The molecule has 1 aliphatic heterocycles. The van der Waals surface area contributed by atoms with Crippen LogP contribution < -0.4 is 9.05 Å². The Bertz CT molecular complexity index is 1030. The Morgan fingerprint density at radius 2 is 1.13 bits per heavy atom. The van der Waals surface area contributed by atoms with Crippen molar-refractivity contribution in [2.24, 2.45) is 0 Å². The molecule has 0 bridgehead atoms. The summed E-state index contributed by atoms with van der Waals surface area (Å²) in [6, 6.07) is 8.82. The quantitative estimate of drug-likeness (QED) is 0.415. The highest BCUT2D eigenvalue weighted by molar-refractivity contribution is 7.34. The first-order chi connectivity index (χ1) is 14.0. The van der Waals surface area contributed by atoms with E-state index >= 15 is 0 Å². The van der Waals surface area contributed by atoms with Gasteiger partial charge in [-0.2, -0.15) is 0 Å². The van der Waals surface area contributed by atoms with Crippen LogP contribution >= 0.6 is 8.25 Å². The van der Waals surface area contributed by atoms with Crippen molar-refractivity contribution in [3.63, 3.8) is 0 Å². The molecule has 3 nitrogen and oxygen atoms in total. The fourth-order valence-corrected chi connectivity index (χ4v) is 4.65. The Morgan fingerprint density at radius 1 is 0.677 bits per heavy atom. The Labute approximate surface area is 189 Å².